The fraction of sp³-hybridized carbons (Fsp3) is 0.0476. The van der Waals surface area contributed by atoms with Crippen LogP contribution in [0.3, 0.4) is 0 Å². The third kappa shape index (κ3) is 1.85. The fourth-order valence-corrected chi connectivity index (χ4v) is 3.62. The fourth-order valence-electron chi connectivity index (χ4n) is 3.62. The summed E-state index contributed by atoms with van der Waals surface area (Å²) in [5, 5.41) is 1.79. The summed E-state index contributed by atoms with van der Waals surface area (Å²) in [6.07, 6.45) is 3.57. The van der Waals surface area contributed by atoms with Gasteiger partial charge in [-0.1, -0.05) is 18.2 Å². The maximum atomic E-state index is 12.4. The van der Waals surface area contributed by atoms with E-state index in [2.05, 4.69) is 9.97 Å². The van der Waals surface area contributed by atoms with Gasteiger partial charge in [-0.15, -0.1) is 0 Å². The number of H-pyrrole nitrogens is 2. The molecule has 26 heavy (non-hydrogen) atoms. The summed E-state index contributed by atoms with van der Waals surface area (Å²) < 4.78 is 5.30. The minimum Gasteiger partial charge on any atom is -0.497 e. The van der Waals surface area contributed by atoms with Crippen molar-refractivity contribution in [2.24, 2.45) is 0 Å². The molecule has 0 aliphatic rings. The number of benzene rings is 2. The Hall–Kier alpha value is -3.60. The second-order valence-electron chi connectivity index (χ2n) is 6.27. The molecule has 126 valence electrons. The van der Waals surface area contributed by atoms with Crippen LogP contribution in [-0.4, -0.2) is 17.1 Å². The number of hydrogen-bond donors (Lipinski definition) is 2. The average molecular weight is 342 g/mol. The van der Waals surface area contributed by atoms with Gasteiger partial charge >= 0.3 is 0 Å². The summed E-state index contributed by atoms with van der Waals surface area (Å²) in [6, 6.07) is 13.4. The lowest BCUT2D eigenvalue weighted by atomic mass is 9.89. The van der Waals surface area contributed by atoms with Crippen LogP contribution in [0, 0.1) is 0 Å². The number of para-hydroxylation sites is 1. The van der Waals surface area contributed by atoms with Gasteiger partial charge in [-0.3, -0.25) is 9.59 Å². The Kier molecular flexibility index (Phi) is 2.94. The van der Waals surface area contributed by atoms with Crippen LogP contribution in [0.25, 0.3) is 44.1 Å². The highest BCUT2D eigenvalue weighted by Crippen LogP contribution is 2.37. The minimum absolute atomic E-state index is 0.443. The van der Waals surface area contributed by atoms with Crippen molar-refractivity contribution in [2.45, 2.75) is 0 Å². The van der Waals surface area contributed by atoms with E-state index in [-0.39, 0.29) is 0 Å². The van der Waals surface area contributed by atoms with Crippen molar-refractivity contribution in [2.75, 3.05) is 7.11 Å². The van der Waals surface area contributed by atoms with Crippen LogP contribution in [0.5, 0.6) is 5.75 Å². The highest BCUT2D eigenvalue weighted by Gasteiger charge is 2.27. The maximum Gasteiger partial charge on any atom is 0.235 e. The van der Waals surface area contributed by atoms with Crippen molar-refractivity contribution in [1.82, 2.24) is 9.97 Å². The van der Waals surface area contributed by atoms with Gasteiger partial charge in [0.05, 0.1) is 7.11 Å². The molecule has 3 aromatic carbocycles. The van der Waals surface area contributed by atoms with Crippen molar-refractivity contribution in [3.05, 3.63) is 75.3 Å². The molecule has 5 heteroatoms. The molecule has 5 aromatic rings. The van der Waals surface area contributed by atoms with Crippen molar-refractivity contribution in [3.63, 3.8) is 0 Å². The molecule has 0 radical (unpaired) electrons. The van der Waals surface area contributed by atoms with E-state index < -0.39 is 10.9 Å². The second kappa shape index (κ2) is 5.20. The first-order chi connectivity index (χ1) is 12.7. The smallest absolute Gasteiger partial charge is 0.235 e. The summed E-state index contributed by atoms with van der Waals surface area (Å²) in [4.78, 5) is 31.2. The molecule has 2 heterocycles. The molecule has 0 atom stereocenters. The van der Waals surface area contributed by atoms with E-state index in [1.54, 1.807) is 19.5 Å². The van der Waals surface area contributed by atoms with Gasteiger partial charge in [-0.2, -0.15) is 0 Å². The third-order valence-electron chi connectivity index (χ3n) is 4.93. The molecular formula is C21H14N2O3. The number of aromatic nitrogens is 2. The van der Waals surface area contributed by atoms with Crippen LogP contribution in [0.4, 0.5) is 0 Å². The van der Waals surface area contributed by atoms with Crippen molar-refractivity contribution < 1.29 is 4.74 Å². The number of methoxy groups -OCH3 is 1. The molecule has 0 fully saturated rings. The van der Waals surface area contributed by atoms with Gasteiger partial charge in [-0.25, -0.2) is 0 Å². The first-order valence-electron chi connectivity index (χ1n) is 8.24. The van der Waals surface area contributed by atoms with Crippen molar-refractivity contribution in [1.29, 1.82) is 0 Å². The molecule has 0 saturated carbocycles. The summed E-state index contributed by atoms with van der Waals surface area (Å²) in [5.74, 6) is 0.700. The van der Waals surface area contributed by atoms with Gasteiger partial charge in [-0.05, 0) is 24.3 Å². The van der Waals surface area contributed by atoms with Gasteiger partial charge < -0.3 is 14.7 Å². The number of rotatable bonds is 3. The number of ether oxygens (including phenoxy) is 1. The summed E-state index contributed by atoms with van der Waals surface area (Å²) in [6.45, 7) is 0. The molecule has 0 spiro atoms. The summed E-state index contributed by atoms with van der Waals surface area (Å²) in [5.41, 5.74) is 3.34. The second-order valence-corrected chi connectivity index (χ2v) is 6.27. The monoisotopic (exact) mass is 342 g/mol. The Morgan fingerprint density at radius 3 is 2.08 bits per heavy atom. The molecule has 5 rings (SSSR count). The Morgan fingerprint density at radius 1 is 0.769 bits per heavy atom. The van der Waals surface area contributed by atoms with Crippen LogP contribution < -0.4 is 15.6 Å². The first kappa shape index (κ1) is 14.7. The minimum atomic E-state index is -0.450. The van der Waals surface area contributed by atoms with Crippen LogP contribution in [0.15, 0.2) is 64.4 Å². The normalized spacial score (nSPS) is 11.6. The average Bonchev–Trinajstić information content (AvgIpc) is 3.28. The van der Waals surface area contributed by atoms with Crippen LogP contribution in [0.1, 0.15) is 0 Å². The van der Waals surface area contributed by atoms with E-state index >= 15 is 0 Å². The number of nitrogens with one attached hydrogen (secondary N) is 2. The highest BCUT2D eigenvalue weighted by molar-refractivity contribution is 6.06. The Morgan fingerprint density at radius 2 is 1.38 bits per heavy atom. The van der Waals surface area contributed by atoms with Gasteiger partial charge in [0.15, 0.2) is 0 Å². The lowest BCUT2D eigenvalue weighted by Gasteiger charge is -2.10. The molecule has 0 amide bonds. The summed E-state index contributed by atoms with van der Waals surface area (Å²) in [7, 11) is 1.60. The predicted octanol–water partition coefficient (Wildman–Crippen LogP) is 3.59. The summed E-state index contributed by atoms with van der Waals surface area (Å²) >= 11 is 0. The molecule has 5 nitrogen and oxygen atoms in total. The molecule has 0 unspecified atom stereocenters. The molecule has 2 N–H and O–H groups in total. The quantitative estimate of drug-likeness (QED) is 0.492. The van der Waals surface area contributed by atoms with Gasteiger partial charge in [0.2, 0.25) is 10.9 Å². The van der Waals surface area contributed by atoms with E-state index in [1.807, 2.05) is 42.5 Å². The predicted molar refractivity (Wildman–Crippen MR) is 102 cm³/mol. The van der Waals surface area contributed by atoms with E-state index in [4.69, 9.17) is 4.74 Å². The van der Waals surface area contributed by atoms with Gasteiger partial charge in [0, 0.05) is 56.5 Å². The van der Waals surface area contributed by atoms with Crippen LogP contribution in [0.2, 0.25) is 0 Å². The number of hydrogen-bond acceptors (Lipinski definition) is 3. The lowest BCUT2D eigenvalue weighted by Crippen LogP contribution is -2.34. The Balaban J connectivity index is 1.80. The van der Waals surface area contributed by atoms with Crippen molar-refractivity contribution >= 4 is 21.8 Å². The lowest BCUT2D eigenvalue weighted by molar-refractivity contribution is 0.415. The number of fused-ring (bicyclic) bond motifs is 2. The van der Waals surface area contributed by atoms with Crippen molar-refractivity contribution in [3.8, 4) is 28.0 Å². The van der Waals surface area contributed by atoms with E-state index in [9.17, 15) is 9.59 Å². The van der Waals surface area contributed by atoms with E-state index in [1.165, 1.54) is 0 Å². The first-order valence-corrected chi connectivity index (χ1v) is 8.24. The topological polar surface area (TPSA) is 75.0 Å². The Bertz CT molecular complexity index is 1360. The zero-order chi connectivity index (χ0) is 17.8. The molecule has 0 saturated heterocycles. The molecule has 2 aromatic heterocycles. The SMILES string of the molecule is COc1ccc2[nH]cc(-c3c(-c4c[nH]c5ccccc45)c(=O)c3=O)c2c1. The van der Waals surface area contributed by atoms with Crippen LogP contribution in [-0.2, 0) is 0 Å². The third-order valence-corrected chi connectivity index (χ3v) is 4.93. The van der Waals surface area contributed by atoms with E-state index in [0.717, 1.165) is 32.9 Å². The zero-order valence-electron chi connectivity index (χ0n) is 13.9. The maximum absolute atomic E-state index is 12.4. The molecule has 0 bridgehead atoms. The molecule has 0 aliphatic carbocycles. The molecule has 0 aliphatic heterocycles. The highest BCUT2D eigenvalue weighted by atomic mass is 16.5. The van der Waals surface area contributed by atoms with E-state index in [0.29, 0.717) is 16.9 Å². The van der Waals surface area contributed by atoms with Gasteiger partial charge in [0.25, 0.3) is 0 Å². The largest absolute Gasteiger partial charge is 0.497 e. The Labute approximate surface area is 147 Å². The standard InChI is InChI=1S/C21H14N2O3/c1-26-11-6-7-17-13(8-11)15(10-23-17)19-18(20(24)21(19)25)14-9-22-16-5-3-2-4-12(14)16/h2-10,22-23H,1H3. The number of aromatic amines is 2. The van der Waals surface area contributed by atoms with Gasteiger partial charge in [0.1, 0.15) is 5.75 Å². The van der Waals surface area contributed by atoms with Crippen LogP contribution >= 0.6 is 0 Å². The molecular weight excluding hydrogens is 328 g/mol. The zero-order valence-corrected chi connectivity index (χ0v) is 13.9.